The SMILES string of the molecule is Cc1cccc(OB(O)O)c1.[LiH]. The second kappa shape index (κ2) is 5.28. The van der Waals surface area contributed by atoms with Crippen molar-refractivity contribution in [1.82, 2.24) is 0 Å². The van der Waals surface area contributed by atoms with Gasteiger partial charge in [-0.05, 0) is 24.6 Å². The first-order chi connectivity index (χ1) is 5.18. The van der Waals surface area contributed by atoms with Crippen LogP contribution in [0.25, 0.3) is 0 Å². The van der Waals surface area contributed by atoms with Crippen LogP contribution >= 0.6 is 0 Å². The summed E-state index contributed by atoms with van der Waals surface area (Å²) in [6, 6.07) is 7.07. The molecule has 12 heavy (non-hydrogen) atoms. The number of hydrogen-bond acceptors (Lipinski definition) is 3. The van der Waals surface area contributed by atoms with E-state index in [1.54, 1.807) is 18.2 Å². The van der Waals surface area contributed by atoms with E-state index in [0.717, 1.165) is 5.56 Å². The first kappa shape index (κ1) is 11.6. The second-order valence-corrected chi connectivity index (χ2v) is 2.26. The third kappa shape index (κ3) is 3.84. The molecule has 60 valence electrons. The zero-order chi connectivity index (χ0) is 8.27. The quantitative estimate of drug-likeness (QED) is 0.583. The molecule has 5 heteroatoms. The molecule has 0 heterocycles. The van der Waals surface area contributed by atoms with Crippen LogP contribution in [0.3, 0.4) is 0 Å². The predicted octanol–water partition coefficient (Wildman–Crippen LogP) is -0.305. The fourth-order valence-corrected chi connectivity index (χ4v) is 0.810. The third-order valence-electron chi connectivity index (χ3n) is 1.23. The molecule has 0 aliphatic heterocycles. The summed E-state index contributed by atoms with van der Waals surface area (Å²) in [7, 11) is -1.74. The van der Waals surface area contributed by atoms with Gasteiger partial charge in [0.25, 0.3) is 0 Å². The molecule has 0 saturated heterocycles. The van der Waals surface area contributed by atoms with Gasteiger partial charge in [0.15, 0.2) is 0 Å². The van der Waals surface area contributed by atoms with Gasteiger partial charge < -0.3 is 14.7 Å². The molecule has 0 bridgehead atoms. The Bertz CT molecular complexity index is 242. The van der Waals surface area contributed by atoms with E-state index in [1.807, 2.05) is 13.0 Å². The predicted molar refractivity (Wildman–Crippen MR) is 49.1 cm³/mol. The van der Waals surface area contributed by atoms with Crippen LogP contribution in [0.5, 0.6) is 5.75 Å². The fourth-order valence-electron chi connectivity index (χ4n) is 0.810. The summed E-state index contributed by atoms with van der Waals surface area (Å²) < 4.78 is 4.61. The van der Waals surface area contributed by atoms with Crippen LogP contribution in [-0.4, -0.2) is 36.2 Å². The van der Waals surface area contributed by atoms with Gasteiger partial charge in [0, 0.05) is 0 Å². The van der Waals surface area contributed by atoms with E-state index in [4.69, 9.17) is 10.0 Å². The summed E-state index contributed by atoms with van der Waals surface area (Å²) >= 11 is 0. The average Bonchev–Trinajstić information content (AvgIpc) is 1.85. The van der Waals surface area contributed by atoms with E-state index in [9.17, 15) is 0 Å². The van der Waals surface area contributed by atoms with Crippen LogP contribution in [0.4, 0.5) is 0 Å². The molecule has 0 spiro atoms. The summed E-state index contributed by atoms with van der Waals surface area (Å²) in [5.41, 5.74) is 1.02. The van der Waals surface area contributed by atoms with Crippen LogP contribution in [0, 0.1) is 6.92 Å². The number of aryl methyl sites for hydroxylation is 1. The van der Waals surface area contributed by atoms with E-state index >= 15 is 0 Å². The van der Waals surface area contributed by atoms with Crippen molar-refractivity contribution >= 4 is 26.2 Å². The normalized spacial score (nSPS) is 8.58. The van der Waals surface area contributed by atoms with Crippen molar-refractivity contribution in [2.75, 3.05) is 0 Å². The van der Waals surface area contributed by atoms with Gasteiger partial charge in [-0.1, -0.05) is 12.1 Å². The third-order valence-corrected chi connectivity index (χ3v) is 1.23. The van der Waals surface area contributed by atoms with Gasteiger partial charge >= 0.3 is 26.2 Å². The maximum atomic E-state index is 8.43. The molecule has 0 radical (unpaired) electrons. The first-order valence-corrected chi connectivity index (χ1v) is 3.28. The molecular formula is C7H10BLiO3. The van der Waals surface area contributed by atoms with Crippen molar-refractivity contribution in [2.45, 2.75) is 6.92 Å². The Morgan fingerprint density at radius 2 is 2.00 bits per heavy atom. The van der Waals surface area contributed by atoms with Gasteiger partial charge in [-0.3, -0.25) is 0 Å². The summed E-state index contributed by atoms with van der Waals surface area (Å²) in [6.07, 6.45) is 0. The summed E-state index contributed by atoms with van der Waals surface area (Å²) in [5.74, 6) is 0.458. The maximum absolute atomic E-state index is 8.43. The summed E-state index contributed by atoms with van der Waals surface area (Å²) in [4.78, 5) is 0. The second-order valence-electron chi connectivity index (χ2n) is 2.26. The molecule has 1 aromatic rings. The molecule has 2 N–H and O–H groups in total. The average molecular weight is 160 g/mol. The van der Waals surface area contributed by atoms with Crippen molar-refractivity contribution in [2.24, 2.45) is 0 Å². The van der Waals surface area contributed by atoms with Gasteiger partial charge in [-0.2, -0.15) is 0 Å². The van der Waals surface area contributed by atoms with Crippen molar-refractivity contribution in [3.8, 4) is 5.75 Å². The fraction of sp³-hybridized carbons (Fsp3) is 0.143. The van der Waals surface area contributed by atoms with Gasteiger partial charge in [0.2, 0.25) is 0 Å². The zero-order valence-electron chi connectivity index (χ0n) is 6.19. The van der Waals surface area contributed by atoms with Gasteiger partial charge in [0.1, 0.15) is 5.75 Å². The van der Waals surface area contributed by atoms with Crippen LogP contribution < -0.4 is 4.65 Å². The van der Waals surface area contributed by atoms with Crippen LogP contribution in [-0.2, 0) is 0 Å². The van der Waals surface area contributed by atoms with Crippen molar-refractivity contribution in [3.05, 3.63) is 29.8 Å². The first-order valence-electron chi connectivity index (χ1n) is 3.28. The van der Waals surface area contributed by atoms with Crippen molar-refractivity contribution in [3.63, 3.8) is 0 Å². The zero-order valence-corrected chi connectivity index (χ0v) is 6.19. The van der Waals surface area contributed by atoms with Crippen LogP contribution in [0.15, 0.2) is 24.3 Å². The van der Waals surface area contributed by atoms with E-state index in [0.29, 0.717) is 5.75 Å². The molecule has 0 aromatic heterocycles. The molecule has 0 unspecified atom stereocenters. The van der Waals surface area contributed by atoms with E-state index in [2.05, 4.69) is 4.65 Å². The topological polar surface area (TPSA) is 49.7 Å². The minimum absolute atomic E-state index is 0. The number of rotatable bonds is 2. The Morgan fingerprint density at radius 1 is 1.33 bits per heavy atom. The van der Waals surface area contributed by atoms with Crippen molar-refractivity contribution < 1.29 is 14.7 Å². The minimum atomic E-state index is -1.74. The van der Waals surface area contributed by atoms with Gasteiger partial charge in [-0.25, -0.2) is 0 Å². The Hall–Kier alpha value is -0.398. The van der Waals surface area contributed by atoms with E-state index in [1.165, 1.54) is 0 Å². The standard InChI is InChI=1S/C7H9BO3.Li.H/c1-6-3-2-4-7(5-6)11-8(9)10;;/h2-5,9-10H,1H3;;. The molecular weight excluding hydrogens is 150 g/mol. The van der Waals surface area contributed by atoms with Crippen LogP contribution in [0.2, 0.25) is 0 Å². The molecule has 0 fully saturated rings. The Kier molecular flexibility index (Phi) is 5.11. The molecule has 0 amide bonds. The Morgan fingerprint density at radius 3 is 2.50 bits per heavy atom. The Balaban J connectivity index is 0.00000121. The molecule has 0 aliphatic rings. The van der Waals surface area contributed by atoms with E-state index < -0.39 is 7.32 Å². The summed E-state index contributed by atoms with van der Waals surface area (Å²) in [5, 5.41) is 16.9. The molecule has 0 saturated carbocycles. The molecule has 1 aromatic carbocycles. The molecule has 0 aliphatic carbocycles. The molecule has 1 rings (SSSR count). The van der Waals surface area contributed by atoms with Gasteiger partial charge in [0.05, 0.1) is 0 Å². The number of benzene rings is 1. The monoisotopic (exact) mass is 160 g/mol. The Labute approximate surface area is 83.7 Å². The summed E-state index contributed by atoms with van der Waals surface area (Å²) in [6.45, 7) is 1.90. The number of hydrogen-bond donors (Lipinski definition) is 2. The van der Waals surface area contributed by atoms with E-state index in [-0.39, 0.29) is 18.9 Å². The van der Waals surface area contributed by atoms with Crippen molar-refractivity contribution in [1.29, 1.82) is 0 Å². The van der Waals surface area contributed by atoms with Crippen LogP contribution in [0.1, 0.15) is 5.56 Å². The van der Waals surface area contributed by atoms with Gasteiger partial charge in [-0.15, -0.1) is 0 Å². The molecule has 0 atom stereocenters. The molecule has 3 nitrogen and oxygen atoms in total.